The summed E-state index contributed by atoms with van der Waals surface area (Å²) < 4.78 is 27.2. The molecular weight excluding hydrogens is 244 g/mol. The summed E-state index contributed by atoms with van der Waals surface area (Å²) in [6.07, 6.45) is 0. The predicted molar refractivity (Wildman–Crippen MR) is 73.9 cm³/mol. The summed E-state index contributed by atoms with van der Waals surface area (Å²) >= 11 is 0. The average Bonchev–Trinajstić information content (AvgIpc) is 2.37. The summed E-state index contributed by atoms with van der Waals surface area (Å²) in [6, 6.07) is 9.57. The van der Waals surface area contributed by atoms with Gasteiger partial charge in [0, 0.05) is 12.1 Å². The maximum Gasteiger partial charge on any atom is 0.131 e. The van der Waals surface area contributed by atoms with Gasteiger partial charge in [0.25, 0.3) is 0 Å². The summed E-state index contributed by atoms with van der Waals surface area (Å²) in [5.41, 5.74) is 2.88. The lowest BCUT2D eigenvalue weighted by atomic mass is 9.99. The lowest BCUT2D eigenvalue weighted by molar-refractivity contribution is 0.622. The van der Waals surface area contributed by atoms with E-state index in [1.807, 2.05) is 13.0 Å². The summed E-state index contributed by atoms with van der Waals surface area (Å²) in [4.78, 5) is 0. The van der Waals surface area contributed by atoms with E-state index in [0.717, 1.165) is 23.2 Å². The normalized spacial score (nSPS) is 10.7. The fourth-order valence-electron chi connectivity index (χ4n) is 2.09. The molecule has 0 fully saturated rings. The van der Waals surface area contributed by atoms with E-state index in [2.05, 4.69) is 5.32 Å². The Bertz CT molecular complexity index is 579. The minimum atomic E-state index is -0.301. The third-order valence-electron chi connectivity index (χ3n) is 3.09. The lowest BCUT2D eigenvalue weighted by Gasteiger charge is -2.09. The molecule has 19 heavy (non-hydrogen) atoms. The van der Waals surface area contributed by atoms with Gasteiger partial charge < -0.3 is 5.32 Å². The van der Waals surface area contributed by atoms with Crippen molar-refractivity contribution in [2.75, 3.05) is 6.54 Å². The van der Waals surface area contributed by atoms with E-state index in [4.69, 9.17) is 0 Å². The van der Waals surface area contributed by atoms with E-state index in [1.54, 1.807) is 19.1 Å². The molecule has 100 valence electrons. The second kappa shape index (κ2) is 5.93. The Morgan fingerprint density at radius 3 is 2.37 bits per heavy atom. The number of nitrogens with one attached hydrogen (secondary N) is 1. The van der Waals surface area contributed by atoms with E-state index in [-0.39, 0.29) is 11.6 Å². The van der Waals surface area contributed by atoms with Crippen molar-refractivity contribution in [3.8, 4) is 11.1 Å². The zero-order valence-corrected chi connectivity index (χ0v) is 11.1. The fraction of sp³-hybridized carbons (Fsp3) is 0.250. The fourth-order valence-corrected chi connectivity index (χ4v) is 2.09. The summed E-state index contributed by atoms with van der Waals surface area (Å²) in [6.45, 7) is 5.29. The standard InChI is InChI=1S/C16H17F2N/c1-3-19-10-12-4-6-15(16(18)9-12)14-7-5-13(17)8-11(14)2/h4-9,19H,3,10H2,1-2H3. The zero-order valence-electron chi connectivity index (χ0n) is 11.1. The van der Waals surface area contributed by atoms with Crippen LogP contribution in [0.2, 0.25) is 0 Å². The van der Waals surface area contributed by atoms with Crippen molar-refractivity contribution in [3.63, 3.8) is 0 Å². The first kappa shape index (κ1) is 13.7. The molecule has 0 aromatic heterocycles. The van der Waals surface area contributed by atoms with Crippen molar-refractivity contribution in [2.45, 2.75) is 20.4 Å². The first-order valence-corrected chi connectivity index (χ1v) is 6.37. The first-order valence-electron chi connectivity index (χ1n) is 6.37. The van der Waals surface area contributed by atoms with E-state index in [0.29, 0.717) is 12.1 Å². The Balaban J connectivity index is 2.35. The van der Waals surface area contributed by atoms with Gasteiger partial charge in [0.05, 0.1) is 0 Å². The highest BCUT2D eigenvalue weighted by molar-refractivity contribution is 5.68. The number of rotatable bonds is 4. The van der Waals surface area contributed by atoms with Crippen molar-refractivity contribution in [1.82, 2.24) is 5.32 Å². The van der Waals surface area contributed by atoms with Crippen molar-refractivity contribution >= 4 is 0 Å². The van der Waals surface area contributed by atoms with Crippen LogP contribution in [0.15, 0.2) is 36.4 Å². The molecule has 0 amide bonds. The van der Waals surface area contributed by atoms with Crippen LogP contribution in [-0.2, 0) is 6.54 Å². The van der Waals surface area contributed by atoms with Gasteiger partial charge in [-0.3, -0.25) is 0 Å². The van der Waals surface area contributed by atoms with Crippen molar-refractivity contribution in [3.05, 3.63) is 59.2 Å². The van der Waals surface area contributed by atoms with Crippen LogP contribution in [0.25, 0.3) is 11.1 Å². The number of hydrogen-bond donors (Lipinski definition) is 1. The van der Waals surface area contributed by atoms with Gasteiger partial charge in [-0.25, -0.2) is 8.78 Å². The van der Waals surface area contributed by atoms with Crippen molar-refractivity contribution in [1.29, 1.82) is 0 Å². The van der Waals surface area contributed by atoms with Gasteiger partial charge >= 0.3 is 0 Å². The van der Waals surface area contributed by atoms with Crippen LogP contribution < -0.4 is 5.32 Å². The molecule has 0 bridgehead atoms. The van der Waals surface area contributed by atoms with Crippen molar-refractivity contribution < 1.29 is 8.78 Å². The maximum absolute atomic E-state index is 14.1. The molecule has 1 N–H and O–H groups in total. The van der Waals surface area contributed by atoms with Gasteiger partial charge in [0.15, 0.2) is 0 Å². The average molecular weight is 261 g/mol. The predicted octanol–water partition coefficient (Wildman–Crippen LogP) is 4.05. The number of halogens is 2. The van der Waals surface area contributed by atoms with Crippen LogP contribution in [0, 0.1) is 18.6 Å². The Morgan fingerprint density at radius 1 is 1.00 bits per heavy atom. The smallest absolute Gasteiger partial charge is 0.131 e. The molecule has 1 nitrogen and oxygen atoms in total. The highest BCUT2D eigenvalue weighted by Gasteiger charge is 2.09. The first-order chi connectivity index (χ1) is 9.11. The molecule has 0 saturated carbocycles. The quantitative estimate of drug-likeness (QED) is 0.875. The third-order valence-corrected chi connectivity index (χ3v) is 3.09. The molecule has 0 aliphatic heterocycles. The van der Waals surface area contributed by atoms with Crippen LogP contribution in [0.1, 0.15) is 18.1 Å². The molecule has 0 aliphatic rings. The molecule has 0 unspecified atom stereocenters. The molecule has 2 rings (SSSR count). The van der Waals surface area contributed by atoms with Crippen LogP contribution in [0.5, 0.6) is 0 Å². The number of benzene rings is 2. The molecule has 3 heteroatoms. The summed E-state index contributed by atoms with van der Waals surface area (Å²) in [7, 11) is 0. The highest BCUT2D eigenvalue weighted by atomic mass is 19.1. The second-order valence-corrected chi connectivity index (χ2v) is 4.55. The molecule has 0 aliphatic carbocycles. The maximum atomic E-state index is 14.1. The molecular formula is C16H17F2N. The third kappa shape index (κ3) is 3.18. The molecule has 0 heterocycles. The molecule has 0 radical (unpaired) electrons. The van der Waals surface area contributed by atoms with Crippen LogP contribution in [0.4, 0.5) is 8.78 Å². The van der Waals surface area contributed by atoms with Gasteiger partial charge in [0.1, 0.15) is 11.6 Å². The van der Waals surface area contributed by atoms with Crippen LogP contribution in [0.3, 0.4) is 0 Å². The second-order valence-electron chi connectivity index (χ2n) is 4.55. The Labute approximate surface area is 112 Å². The Morgan fingerprint density at radius 2 is 1.74 bits per heavy atom. The van der Waals surface area contributed by atoms with Crippen LogP contribution >= 0.6 is 0 Å². The molecule has 0 atom stereocenters. The van der Waals surface area contributed by atoms with Gasteiger partial charge in [-0.2, -0.15) is 0 Å². The van der Waals surface area contributed by atoms with E-state index in [9.17, 15) is 8.78 Å². The highest BCUT2D eigenvalue weighted by Crippen LogP contribution is 2.27. The molecule has 2 aromatic carbocycles. The Hall–Kier alpha value is -1.74. The lowest BCUT2D eigenvalue weighted by Crippen LogP contribution is -2.11. The molecule has 0 saturated heterocycles. The molecule has 0 spiro atoms. The minimum absolute atomic E-state index is 0.273. The Kier molecular flexibility index (Phi) is 4.27. The van der Waals surface area contributed by atoms with Gasteiger partial charge in [-0.1, -0.05) is 25.1 Å². The molecule has 2 aromatic rings. The monoisotopic (exact) mass is 261 g/mol. The van der Waals surface area contributed by atoms with E-state index < -0.39 is 0 Å². The topological polar surface area (TPSA) is 12.0 Å². The van der Waals surface area contributed by atoms with E-state index in [1.165, 1.54) is 18.2 Å². The van der Waals surface area contributed by atoms with Gasteiger partial charge in [0.2, 0.25) is 0 Å². The van der Waals surface area contributed by atoms with Crippen LogP contribution in [-0.4, -0.2) is 6.54 Å². The van der Waals surface area contributed by atoms with Gasteiger partial charge in [-0.05, 0) is 48.4 Å². The SMILES string of the molecule is CCNCc1ccc(-c2ccc(F)cc2C)c(F)c1. The summed E-state index contributed by atoms with van der Waals surface area (Å²) in [5.74, 6) is -0.574. The summed E-state index contributed by atoms with van der Waals surface area (Å²) in [5, 5.41) is 3.15. The minimum Gasteiger partial charge on any atom is -0.313 e. The van der Waals surface area contributed by atoms with Gasteiger partial charge in [-0.15, -0.1) is 0 Å². The van der Waals surface area contributed by atoms with Crippen molar-refractivity contribution in [2.24, 2.45) is 0 Å². The van der Waals surface area contributed by atoms with E-state index >= 15 is 0 Å². The number of aryl methyl sites for hydroxylation is 1. The zero-order chi connectivity index (χ0) is 13.8. The number of hydrogen-bond acceptors (Lipinski definition) is 1. The largest absolute Gasteiger partial charge is 0.313 e.